The van der Waals surface area contributed by atoms with Gasteiger partial charge >= 0.3 is 0 Å². The molecule has 0 spiro atoms. The predicted octanol–water partition coefficient (Wildman–Crippen LogP) is 6.36. The van der Waals surface area contributed by atoms with Gasteiger partial charge in [-0.15, -0.1) is 0 Å². The van der Waals surface area contributed by atoms with Gasteiger partial charge in [-0.05, 0) is 50.9 Å². The van der Waals surface area contributed by atoms with Gasteiger partial charge in [0.1, 0.15) is 0 Å². The first kappa shape index (κ1) is 15.8. The fourth-order valence-corrected chi connectivity index (χ4v) is 4.01. The minimum absolute atomic E-state index is 1.12. The van der Waals surface area contributed by atoms with Crippen LogP contribution < -0.4 is 5.01 Å². The molecule has 0 saturated heterocycles. The Labute approximate surface area is 158 Å². The molecule has 5 aromatic rings. The summed E-state index contributed by atoms with van der Waals surface area (Å²) in [4.78, 5) is 0. The van der Waals surface area contributed by atoms with Gasteiger partial charge in [-0.3, -0.25) is 5.01 Å². The van der Waals surface area contributed by atoms with Crippen molar-refractivity contribution in [2.45, 2.75) is 6.92 Å². The summed E-state index contributed by atoms with van der Waals surface area (Å²) in [6, 6.07) is 28.0. The van der Waals surface area contributed by atoms with E-state index in [0.717, 1.165) is 11.3 Å². The topological polar surface area (TPSA) is 15.6 Å². The third-order valence-corrected chi connectivity index (χ3v) is 5.40. The Hall–Kier alpha value is -3.39. The van der Waals surface area contributed by atoms with Crippen molar-refractivity contribution < 1.29 is 0 Å². The maximum atomic E-state index is 4.72. The van der Waals surface area contributed by atoms with E-state index < -0.39 is 0 Å². The lowest BCUT2D eigenvalue weighted by Gasteiger charge is -2.16. The summed E-state index contributed by atoms with van der Waals surface area (Å²) >= 11 is 0. The van der Waals surface area contributed by atoms with Crippen molar-refractivity contribution in [3.8, 4) is 0 Å². The number of hydrogen-bond donors (Lipinski definition) is 0. The minimum atomic E-state index is 1.12. The zero-order chi connectivity index (χ0) is 18.4. The fraction of sp³-hybridized carbons (Fsp3) is 0.0800. The molecule has 0 heterocycles. The molecule has 2 heteroatoms. The van der Waals surface area contributed by atoms with Gasteiger partial charge in [0.2, 0.25) is 0 Å². The van der Waals surface area contributed by atoms with Crippen LogP contribution in [0.25, 0.3) is 32.3 Å². The van der Waals surface area contributed by atoms with Gasteiger partial charge in [0, 0.05) is 12.6 Å². The van der Waals surface area contributed by atoms with Crippen molar-refractivity contribution in [2.24, 2.45) is 5.10 Å². The summed E-state index contributed by atoms with van der Waals surface area (Å²) in [7, 11) is 1.99. The monoisotopic (exact) mass is 348 g/mol. The van der Waals surface area contributed by atoms with Gasteiger partial charge in [-0.2, -0.15) is 5.10 Å². The lowest BCUT2D eigenvalue weighted by molar-refractivity contribution is 1.01. The van der Waals surface area contributed by atoms with E-state index in [-0.39, 0.29) is 0 Å². The van der Waals surface area contributed by atoms with Crippen LogP contribution in [0.3, 0.4) is 0 Å². The molecule has 0 aromatic heterocycles. The molecule has 5 rings (SSSR count). The molecule has 27 heavy (non-hydrogen) atoms. The first-order valence-electron chi connectivity index (χ1n) is 9.22. The molecular formula is C25H20N2. The molecule has 0 saturated carbocycles. The Bertz CT molecular complexity index is 1280. The molecule has 0 N–H and O–H groups in total. The Morgan fingerprint density at radius 2 is 1.37 bits per heavy atom. The average Bonchev–Trinajstić information content (AvgIpc) is 2.71. The van der Waals surface area contributed by atoms with Crippen molar-refractivity contribution in [1.82, 2.24) is 0 Å². The summed E-state index contributed by atoms with van der Waals surface area (Å²) in [5.41, 5.74) is 3.47. The number of benzene rings is 5. The number of anilines is 1. The van der Waals surface area contributed by atoms with Crippen LogP contribution in [-0.2, 0) is 0 Å². The van der Waals surface area contributed by atoms with Crippen LogP contribution in [0.5, 0.6) is 0 Å². The van der Waals surface area contributed by atoms with Crippen LogP contribution in [0.2, 0.25) is 0 Å². The van der Waals surface area contributed by atoms with E-state index >= 15 is 0 Å². The number of rotatable bonds is 3. The van der Waals surface area contributed by atoms with Crippen LogP contribution >= 0.6 is 0 Å². The van der Waals surface area contributed by atoms with Crippen molar-refractivity contribution in [1.29, 1.82) is 0 Å². The van der Waals surface area contributed by atoms with Crippen molar-refractivity contribution >= 4 is 44.2 Å². The largest absolute Gasteiger partial charge is 0.268 e. The number of nitrogens with zero attached hydrogens (tertiary/aromatic N) is 2. The maximum absolute atomic E-state index is 4.72. The van der Waals surface area contributed by atoms with Gasteiger partial charge in [-0.1, -0.05) is 72.8 Å². The average molecular weight is 348 g/mol. The third-order valence-electron chi connectivity index (χ3n) is 5.40. The van der Waals surface area contributed by atoms with E-state index in [1.165, 1.54) is 37.9 Å². The molecular weight excluding hydrogens is 328 g/mol. The molecule has 0 atom stereocenters. The molecule has 0 bridgehead atoms. The Kier molecular flexibility index (Phi) is 3.58. The molecule has 0 unspecified atom stereocenters. The van der Waals surface area contributed by atoms with Gasteiger partial charge in [0.05, 0.1) is 11.9 Å². The van der Waals surface area contributed by atoms with E-state index in [1.54, 1.807) is 0 Å². The zero-order valence-corrected chi connectivity index (χ0v) is 15.5. The van der Waals surface area contributed by atoms with Crippen LogP contribution in [-0.4, -0.2) is 13.3 Å². The first-order valence-corrected chi connectivity index (χ1v) is 9.22. The Morgan fingerprint density at radius 1 is 0.704 bits per heavy atom. The SMILES string of the molecule is Cc1ccccc1N(C)/N=C/c1ccc2ccc3cccc4ccc1c2c34. The normalized spacial score (nSPS) is 11.9. The standard InChI is InChI=1S/C25H20N2/c1-17-6-3-4-9-23(17)27(2)26-16-21-13-12-20-11-10-18-7-5-8-19-14-15-22(21)25(20)24(18)19/h3-16H,1-2H3/b26-16+. The highest BCUT2D eigenvalue weighted by Gasteiger charge is 2.10. The van der Waals surface area contributed by atoms with Crippen LogP contribution in [0.1, 0.15) is 11.1 Å². The number of hydrazone groups is 1. The highest BCUT2D eigenvalue weighted by molar-refractivity contribution is 6.25. The quantitative estimate of drug-likeness (QED) is 0.210. The van der Waals surface area contributed by atoms with E-state index in [1.807, 2.05) is 24.3 Å². The van der Waals surface area contributed by atoms with Gasteiger partial charge in [-0.25, -0.2) is 0 Å². The molecule has 0 aliphatic rings. The highest BCUT2D eigenvalue weighted by atomic mass is 15.4. The number of hydrogen-bond acceptors (Lipinski definition) is 2. The minimum Gasteiger partial charge on any atom is -0.268 e. The summed E-state index contributed by atoms with van der Waals surface area (Å²) in [6.07, 6.45) is 1.97. The molecule has 0 aliphatic heterocycles. The molecule has 0 aliphatic carbocycles. The van der Waals surface area contributed by atoms with Gasteiger partial charge < -0.3 is 0 Å². The lowest BCUT2D eigenvalue weighted by Crippen LogP contribution is -2.10. The lowest BCUT2D eigenvalue weighted by atomic mass is 9.92. The second-order valence-electron chi connectivity index (χ2n) is 7.07. The molecule has 0 fully saturated rings. The molecule has 0 amide bonds. The van der Waals surface area contributed by atoms with E-state index in [4.69, 9.17) is 5.10 Å². The van der Waals surface area contributed by atoms with Crippen LogP contribution in [0.4, 0.5) is 5.69 Å². The highest BCUT2D eigenvalue weighted by Crippen LogP contribution is 2.35. The van der Waals surface area contributed by atoms with Crippen LogP contribution in [0.15, 0.2) is 84.0 Å². The maximum Gasteiger partial charge on any atom is 0.0619 e. The second kappa shape index (κ2) is 6.10. The van der Waals surface area contributed by atoms with Crippen molar-refractivity contribution in [3.05, 3.63) is 90.0 Å². The summed E-state index contributed by atoms with van der Waals surface area (Å²) < 4.78 is 0. The van der Waals surface area contributed by atoms with Gasteiger partial charge in [0.25, 0.3) is 0 Å². The van der Waals surface area contributed by atoms with Crippen LogP contribution in [0, 0.1) is 6.92 Å². The Morgan fingerprint density at radius 3 is 2.15 bits per heavy atom. The molecule has 130 valence electrons. The van der Waals surface area contributed by atoms with E-state index in [9.17, 15) is 0 Å². The van der Waals surface area contributed by atoms with Crippen molar-refractivity contribution in [3.63, 3.8) is 0 Å². The summed E-state index contributed by atoms with van der Waals surface area (Å²) in [5.74, 6) is 0. The fourth-order valence-electron chi connectivity index (χ4n) is 4.01. The first-order chi connectivity index (χ1) is 13.2. The molecule has 2 nitrogen and oxygen atoms in total. The second-order valence-corrected chi connectivity index (χ2v) is 7.07. The van der Waals surface area contributed by atoms with E-state index in [0.29, 0.717) is 0 Å². The summed E-state index contributed by atoms with van der Waals surface area (Å²) in [5, 5.41) is 14.4. The molecule has 5 aromatic carbocycles. The third kappa shape index (κ3) is 2.53. The number of aryl methyl sites for hydroxylation is 1. The Balaban J connectivity index is 1.66. The number of para-hydroxylation sites is 1. The zero-order valence-electron chi connectivity index (χ0n) is 15.5. The smallest absolute Gasteiger partial charge is 0.0619 e. The van der Waals surface area contributed by atoms with Crippen molar-refractivity contribution in [2.75, 3.05) is 12.1 Å². The molecule has 0 radical (unpaired) electrons. The summed E-state index contributed by atoms with van der Waals surface area (Å²) in [6.45, 7) is 2.11. The van der Waals surface area contributed by atoms with E-state index in [2.05, 4.69) is 79.7 Å². The van der Waals surface area contributed by atoms with Gasteiger partial charge in [0.15, 0.2) is 0 Å². The predicted molar refractivity (Wildman–Crippen MR) is 117 cm³/mol.